The van der Waals surface area contributed by atoms with Crippen molar-refractivity contribution < 1.29 is 14.3 Å². The number of hydrogen-bond acceptors (Lipinski definition) is 3. The van der Waals surface area contributed by atoms with E-state index >= 15 is 0 Å². The molecule has 0 aromatic rings. The van der Waals surface area contributed by atoms with Crippen molar-refractivity contribution >= 4 is 11.8 Å². The fraction of sp³-hybridized carbons (Fsp3) is 0.923. The Bertz CT molecular complexity index is 671. The molecule has 4 fully saturated rings. The Morgan fingerprint density at radius 3 is 2.45 bits per heavy atom. The van der Waals surface area contributed by atoms with Gasteiger partial charge in [0.15, 0.2) is 5.78 Å². The first-order valence-electron chi connectivity index (χ1n) is 12.4. The van der Waals surface area contributed by atoms with Gasteiger partial charge in [-0.15, -0.1) is 0 Å². The van der Waals surface area contributed by atoms with E-state index in [2.05, 4.69) is 27.7 Å². The maximum Gasteiger partial charge on any atom is 0.316 e. The summed E-state index contributed by atoms with van der Waals surface area (Å²) in [4.78, 5) is 25.9. The SMILES string of the molecule is CCOC(=O)C1CCC2C3CC[C@]4(C)CC(C)CCC4(CC)C3CCC2(C)C1=O. The van der Waals surface area contributed by atoms with Gasteiger partial charge < -0.3 is 4.74 Å². The predicted molar refractivity (Wildman–Crippen MR) is 115 cm³/mol. The average Bonchev–Trinajstić information content (AvgIpc) is 2.68. The van der Waals surface area contributed by atoms with Gasteiger partial charge in [0.1, 0.15) is 5.92 Å². The van der Waals surface area contributed by atoms with Gasteiger partial charge in [0, 0.05) is 5.41 Å². The molecule has 0 saturated heterocycles. The summed E-state index contributed by atoms with van der Waals surface area (Å²) >= 11 is 0. The van der Waals surface area contributed by atoms with Crippen molar-refractivity contribution in [1.29, 1.82) is 0 Å². The molecule has 0 aromatic heterocycles. The van der Waals surface area contributed by atoms with Crippen molar-refractivity contribution in [3.05, 3.63) is 0 Å². The van der Waals surface area contributed by atoms with E-state index in [0.29, 0.717) is 35.7 Å². The molecule has 4 aliphatic carbocycles. The van der Waals surface area contributed by atoms with Crippen LogP contribution >= 0.6 is 0 Å². The van der Waals surface area contributed by atoms with E-state index in [1.807, 2.05) is 6.92 Å². The highest BCUT2D eigenvalue weighted by Crippen LogP contribution is 2.70. The van der Waals surface area contributed by atoms with E-state index in [1.165, 1.54) is 44.9 Å². The molecule has 0 aliphatic heterocycles. The molecule has 0 amide bonds. The summed E-state index contributed by atoms with van der Waals surface area (Å²) in [5.74, 6) is 2.16. The lowest BCUT2D eigenvalue weighted by Gasteiger charge is -2.67. The molecule has 8 atom stereocenters. The molecule has 7 unspecified atom stereocenters. The quantitative estimate of drug-likeness (QED) is 0.417. The minimum absolute atomic E-state index is 0.196. The standard InChI is InChI=1S/C26H42O3/c1-6-26-15-10-17(3)16-24(26,4)13-11-18-20-9-8-19(23(28)29-7-2)22(27)25(20,5)14-12-21(18)26/h17-21H,6-16H2,1-5H3/t17?,18?,19?,20?,21?,24-,25?,26?/m1/s1. The Balaban J connectivity index is 1.62. The van der Waals surface area contributed by atoms with Crippen molar-refractivity contribution in [3.63, 3.8) is 0 Å². The summed E-state index contributed by atoms with van der Waals surface area (Å²) < 4.78 is 5.25. The fourth-order valence-corrected chi connectivity index (χ4v) is 9.09. The lowest BCUT2D eigenvalue weighted by molar-refractivity contribution is -0.187. The number of hydrogen-bond donors (Lipinski definition) is 0. The fourth-order valence-electron chi connectivity index (χ4n) is 9.09. The molecule has 29 heavy (non-hydrogen) atoms. The molecule has 3 heteroatoms. The van der Waals surface area contributed by atoms with E-state index in [-0.39, 0.29) is 17.2 Å². The zero-order chi connectivity index (χ0) is 21.0. The predicted octanol–water partition coefficient (Wildman–Crippen LogP) is 6.19. The number of carbonyl (C=O) groups excluding carboxylic acids is 2. The number of esters is 1. The molecule has 4 rings (SSSR count). The van der Waals surface area contributed by atoms with Gasteiger partial charge in [-0.2, -0.15) is 0 Å². The summed E-state index contributed by atoms with van der Waals surface area (Å²) in [5.41, 5.74) is 0.618. The van der Waals surface area contributed by atoms with Crippen LogP contribution in [0.2, 0.25) is 0 Å². The van der Waals surface area contributed by atoms with Crippen LogP contribution in [0.15, 0.2) is 0 Å². The molecule has 4 saturated carbocycles. The van der Waals surface area contributed by atoms with Crippen LogP contribution in [0.25, 0.3) is 0 Å². The van der Waals surface area contributed by atoms with Gasteiger partial charge in [0.05, 0.1) is 6.61 Å². The van der Waals surface area contributed by atoms with Crippen molar-refractivity contribution in [2.75, 3.05) is 6.61 Å². The van der Waals surface area contributed by atoms with Gasteiger partial charge in [-0.1, -0.05) is 34.1 Å². The number of fused-ring (bicyclic) bond motifs is 5. The average molecular weight is 403 g/mol. The first-order valence-corrected chi connectivity index (χ1v) is 12.4. The van der Waals surface area contributed by atoms with E-state index in [1.54, 1.807) is 0 Å². The Kier molecular flexibility index (Phi) is 5.44. The lowest BCUT2D eigenvalue weighted by atomic mass is 9.37. The van der Waals surface area contributed by atoms with Crippen LogP contribution in [0, 0.1) is 45.8 Å². The van der Waals surface area contributed by atoms with Crippen LogP contribution in [0.1, 0.15) is 98.8 Å². The lowest BCUT2D eigenvalue weighted by Crippen LogP contribution is -2.61. The molecule has 0 bridgehead atoms. The maximum absolute atomic E-state index is 13.5. The third kappa shape index (κ3) is 2.96. The van der Waals surface area contributed by atoms with Gasteiger partial charge >= 0.3 is 5.97 Å². The van der Waals surface area contributed by atoms with E-state index in [0.717, 1.165) is 24.7 Å². The van der Waals surface area contributed by atoms with Gasteiger partial charge in [-0.25, -0.2) is 0 Å². The Hall–Kier alpha value is -0.860. The second-order valence-electron chi connectivity index (χ2n) is 11.5. The van der Waals surface area contributed by atoms with Gasteiger partial charge in [-0.05, 0) is 99.2 Å². The molecule has 4 aliphatic rings. The molecular weight excluding hydrogens is 360 g/mol. The second-order valence-corrected chi connectivity index (χ2v) is 11.5. The third-order valence-corrected chi connectivity index (χ3v) is 10.5. The molecule has 0 spiro atoms. The monoisotopic (exact) mass is 402 g/mol. The van der Waals surface area contributed by atoms with E-state index in [9.17, 15) is 9.59 Å². The topological polar surface area (TPSA) is 43.4 Å². The molecule has 0 aromatic carbocycles. The summed E-state index contributed by atoms with van der Waals surface area (Å²) in [6, 6.07) is 0. The smallest absolute Gasteiger partial charge is 0.316 e. The van der Waals surface area contributed by atoms with Crippen LogP contribution in [0.4, 0.5) is 0 Å². The summed E-state index contributed by atoms with van der Waals surface area (Å²) in [6.45, 7) is 11.9. The minimum Gasteiger partial charge on any atom is -0.465 e. The molecule has 0 radical (unpaired) electrons. The van der Waals surface area contributed by atoms with Crippen molar-refractivity contribution in [2.24, 2.45) is 45.8 Å². The number of ether oxygens (including phenoxy) is 1. The van der Waals surface area contributed by atoms with Crippen LogP contribution < -0.4 is 0 Å². The first kappa shape index (κ1) is 21.4. The molecule has 3 nitrogen and oxygen atoms in total. The van der Waals surface area contributed by atoms with E-state index in [4.69, 9.17) is 4.74 Å². The second kappa shape index (κ2) is 7.38. The molecule has 0 N–H and O–H groups in total. The van der Waals surface area contributed by atoms with Crippen LogP contribution in [0.5, 0.6) is 0 Å². The van der Waals surface area contributed by atoms with Gasteiger partial charge in [0.2, 0.25) is 0 Å². The van der Waals surface area contributed by atoms with Crippen LogP contribution in [0.3, 0.4) is 0 Å². The molecular formula is C26H42O3. The Morgan fingerprint density at radius 2 is 1.76 bits per heavy atom. The van der Waals surface area contributed by atoms with Crippen LogP contribution in [-0.4, -0.2) is 18.4 Å². The number of ketones is 1. The summed E-state index contributed by atoms with van der Waals surface area (Å²) in [5, 5.41) is 0. The van der Waals surface area contributed by atoms with E-state index < -0.39 is 5.92 Å². The number of carbonyl (C=O) groups is 2. The largest absolute Gasteiger partial charge is 0.465 e. The highest BCUT2D eigenvalue weighted by molar-refractivity contribution is 6.02. The van der Waals surface area contributed by atoms with Crippen molar-refractivity contribution in [2.45, 2.75) is 98.8 Å². The summed E-state index contributed by atoms with van der Waals surface area (Å²) in [6.07, 6.45) is 11.9. The maximum atomic E-state index is 13.5. The molecule has 164 valence electrons. The van der Waals surface area contributed by atoms with Crippen LogP contribution in [-0.2, 0) is 14.3 Å². The number of rotatable bonds is 3. The number of Topliss-reactive ketones (excluding diaryl/α,β-unsaturated/α-hetero) is 1. The summed E-state index contributed by atoms with van der Waals surface area (Å²) in [7, 11) is 0. The highest BCUT2D eigenvalue weighted by atomic mass is 16.5. The van der Waals surface area contributed by atoms with Gasteiger partial charge in [-0.3, -0.25) is 9.59 Å². The minimum atomic E-state index is -0.516. The van der Waals surface area contributed by atoms with Crippen molar-refractivity contribution in [3.8, 4) is 0 Å². The highest BCUT2D eigenvalue weighted by Gasteiger charge is 2.64. The zero-order valence-corrected chi connectivity index (χ0v) is 19.4. The zero-order valence-electron chi connectivity index (χ0n) is 19.4. The normalized spacial score (nSPS) is 49.6. The van der Waals surface area contributed by atoms with Gasteiger partial charge in [0.25, 0.3) is 0 Å². The Labute approximate surface area is 177 Å². The molecule has 0 heterocycles. The first-order chi connectivity index (χ1) is 13.7. The van der Waals surface area contributed by atoms with Crippen molar-refractivity contribution in [1.82, 2.24) is 0 Å². The Morgan fingerprint density at radius 1 is 1.00 bits per heavy atom. The third-order valence-electron chi connectivity index (χ3n) is 10.5.